The molecule has 0 aromatic rings. The average Bonchev–Trinajstić information content (AvgIpc) is 3.30. The van der Waals surface area contributed by atoms with Crippen LogP contribution in [-0.2, 0) is 23.9 Å². The fourth-order valence-electron chi connectivity index (χ4n) is 5.75. The molecule has 3 amide bonds. The van der Waals surface area contributed by atoms with Crippen molar-refractivity contribution in [2.45, 2.75) is 136 Å². The Hall–Kier alpha value is -1.79. The second kappa shape index (κ2) is 17.4. The highest BCUT2D eigenvalue weighted by molar-refractivity contribution is 5.77. The Balaban J connectivity index is 1.58. The molecule has 0 aromatic heterocycles. The van der Waals surface area contributed by atoms with Gasteiger partial charge in [0.25, 0.3) is 0 Å². The molecular formula is C30H55N3O8. The van der Waals surface area contributed by atoms with Crippen molar-refractivity contribution in [2.24, 2.45) is 11.3 Å². The van der Waals surface area contributed by atoms with Gasteiger partial charge < -0.3 is 40.3 Å². The monoisotopic (exact) mass is 585 g/mol. The normalized spacial score (nSPS) is 28.5. The summed E-state index contributed by atoms with van der Waals surface area (Å²) in [5.41, 5.74) is 0.204. The third-order valence-corrected chi connectivity index (χ3v) is 7.97. The van der Waals surface area contributed by atoms with E-state index in [1.165, 1.54) is 6.92 Å². The number of rotatable bonds is 16. The molecule has 2 saturated heterocycles. The van der Waals surface area contributed by atoms with Gasteiger partial charge in [0.15, 0.2) is 6.29 Å². The first kappa shape index (κ1) is 35.4. The molecule has 0 radical (unpaired) electrons. The number of nitrogens with one attached hydrogen (secondary N) is 2. The van der Waals surface area contributed by atoms with E-state index < -0.39 is 43.2 Å². The molecule has 2 aliphatic rings. The Labute approximate surface area is 245 Å². The molecule has 2 fully saturated rings. The van der Waals surface area contributed by atoms with Crippen molar-refractivity contribution in [2.75, 3.05) is 26.3 Å². The molecule has 0 saturated carbocycles. The number of aliphatic hydroxyl groups excluding tert-OH is 3. The molecule has 41 heavy (non-hydrogen) atoms. The number of hydrogen-bond donors (Lipinski definition) is 5. The highest BCUT2D eigenvalue weighted by atomic mass is 16.7. The van der Waals surface area contributed by atoms with Crippen LogP contribution in [0.15, 0.2) is 0 Å². The number of ether oxygens (including phenoxy) is 2. The van der Waals surface area contributed by atoms with Gasteiger partial charge in [0.2, 0.25) is 17.7 Å². The molecule has 0 aromatic carbocycles. The Morgan fingerprint density at radius 1 is 1.02 bits per heavy atom. The quantitative estimate of drug-likeness (QED) is 0.172. The number of carbonyl (C=O) groups is 3. The van der Waals surface area contributed by atoms with Crippen molar-refractivity contribution in [1.29, 1.82) is 0 Å². The van der Waals surface area contributed by atoms with Crippen LogP contribution in [0.2, 0.25) is 0 Å². The van der Waals surface area contributed by atoms with Gasteiger partial charge in [-0.2, -0.15) is 0 Å². The number of nitrogens with zero attached hydrogens (tertiary/aromatic N) is 1. The molecule has 11 nitrogen and oxygen atoms in total. The number of unbranched alkanes of at least 4 members (excludes halogenated alkanes) is 3. The largest absolute Gasteiger partial charge is 0.394 e. The van der Waals surface area contributed by atoms with Crippen LogP contribution in [0.3, 0.4) is 0 Å². The summed E-state index contributed by atoms with van der Waals surface area (Å²) in [6, 6.07) is -0.625. The summed E-state index contributed by atoms with van der Waals surface area (Å²) < 4.78 is 11.2. The molecule has 11 heteroatoms. The van der Waals surface area contributed by atoms with Gasteiger partial charge in [0.05, 0.1) is 6.61 Å². The van der Waals surface area contributed by atoms with Gasteiger partial charge in [-0.15, -0.1) is 0 Å². The van der Waals surface area contributed by atoms with Crippen molar-refractivity contribution in [3.8, 4) is 0 Å². The zero-order chi connectivity index (χ0) is 30.6. The van der Waals surface area contributed by atoms with Gasteiger partial charge in [-0.25, -0.2) is 0 Å². The van der Waals surface area contributed by atoms with E-state index in [0.29, 0.717) is 44.2 Å². The minimum Gasteiger partial charge on any atom is -0.394 e. The second-order valence-electron chi connectivity index (χ2n) is 12.9. The molecule has 0 bridgehead atoms. The Morgan fingerprint density at radius 2 is 1.73 bits per heavy atom. The van der Waals surface area contributed by atoms with Crippen LogP contribution in [0.5, 0.6) is 0 Å². The number of amides is 3. The molecule has 2 rings (SSSR count). The number of hydrogen-bond acceptors (Lipinski definition) is 8. The first-order chi connectivity index (χ1) is 19.4. The van der Waals surface area contributed by atoms with Crippen LogP contribution < -0.4 is 10.6 Å². The van der Waals surface area contributed by atoms with E-state index >= 15 is 0 Å². The van der Waals surface area contributed by atoms with Crippen LogP contribution in [0.1, 0.15) is 98.8 Å². The molecule has 5 N–H and O–H groups in total. The summed E-state index contributed by atoms with van der Waals surface area (Å²) in [5.74, 6) is 0.416. The van der Waals surface area contributed by atoms with E-state index in [2.05, 4.69) is 43.2 Å². The van der Waals surface area contributed by atoms with Gasteiger partial charge in [0, 0.05) is 45.5 Å². The number of carbonyl (C=O) groups excluding carboxylic acids is 3. The average molecular weight is 586 g/mol. The van der Waals surface area contributed by atoms with Gasteiger partial charge in [0.1, 0.15) is 24.4 Å². The van der Waals surface area contributed by atoms with E-state index in [4.69, 9.17) is 9.47 Å². The maximum atomic E-state index is 12.9. The third-order valence-electron chi connectivity index (χ3n) is 7.97. The van der Waals surface area contributed by atoms with Crippen molar-refractivity contribution in [3.05, 3.63) is 0 Å². The molecule has 2 heterocycles. The highest BCUT2D eigenvalue weighted by Crippen LogP contribution is 2.34. The third kappa shape index (κ3) is 12.2. The lowest BCUT2D eigenvalue weighted by molar-refractivity contribution is -0.270. The molecule has 4 unspecified atom stereocenters. The van der Waals surface area contributed by atoms with Crippen molar-refractivity contribution in [1.82, 2.24) is 15.5 Å². The van der Waals surface area contributed by atoms with E-state index in [1.54, 1.807) is 0 Å². The minimum atomic E-state index is -1.36. The first-order valence-electron chi connectivity index (χ1n) is 15.4. The Kier molecular flexibility index (Phi) is 15.0. The minimum absolute atomic E-state index is 0.0438. The summed E-state index contributed by atoms with van der Waals surface area (Å²) >= 11 is 0. The smallest absolute Gasteiger partial charge is 0.222 e. The molecule has 0 spiro atoms. The predicted molar refractivity (Wildman–Crippen MR) is 155 cm³/mol. The predicted octanol–water partition coefficient (Wildman–Crippen LogP) is 1.86. The highest BCUT2D eigenvalue weighted by Gasteiger charge is 2.45. The van der Waals surface area contributed by atoms with Gasteiger partial charge in [-0.1, -0.05) is 40.5 Å². The zero-order valence-electron chi connectivity index (χ0n) is 25.8. The Bertz CT molecular complexity index is 820. The van der Waals surface area contributed by atoms with Crippen LogP contribution in [0, 0.1) is 11.3 Å². The molecule has 7 atom stereocenters. The topological polar surface area (TPSA) is 158 Å². The van der Waals surface area contributed by atoms with Crippen molar-refractivity contribution in [3.63, 3.8) is 0 Å². The van der Waals surface area contributed by atoms with E-state index in [9.17, 15) is 29.7 Å². The Morgan fingerprint density at radius 3 is 2.37 bits per heavy atom. The lowest BCUT2D eigenvalue weighted by Gasteiger charge is -2.42. The number of likely N-dealkylation sites (tertiary alicyclic amines) is 1. The van der Waals surface area contributed by atoms with E-state index in [-0.39, 0.29) is 23.8 Å². The van der Waals surface area contributed by atoms with Gasteiger partial charge >= 0.3 is 0 Å². The maximum absolute atomic E-state index is 12.9. The molecule has 238 valence electrons. The van der Waals surface area contributed by atoms with Gasteiger partial charge in [-0.05, 0) is 49.9 Å². The molecular weight excluding hydrogens is 530 g/mol. The SMILES string of the molecule is CC[C@@H]1C[C@@H](CC(C)(C)C)N(C(=O)CCCCCNC(=O)CCCCOC2OC(CO)C(O)[C@H](O)C2NC(C)=O)C1. The van der Waals surface area contributed by atoms with Crippen LogP contribution in [0.4, 0.5) is 0 Å². The first-order valence-corrected chi connectivity index (χ1v) is 15.4. The maximum Gasteiger partial charge on any atom is 0.222 e. The van der Waals surface area contributed by atoms with Crippen LogP contribution >= 0.6 is 0 Å². The van der Waals surface area contributed by atoms with E-state index in [1.807, 2.05) is 0 Å². The summed E-state index contributed by atoms with van der Waals surface area (Å²) in [6.45, 7) is 11.4. The lowest BCUT2D eigenvalue weighted by Crippen LogP contribution is -2.64. The van der Waals surface area contributed by atoms with Crippen molar-refractivity contribution < 1.29 is 39.2 Å². The summed E-state index contributed by atoms with van der Waals surface area (Å²) in [7, 11) is 0. The lowest BCUT2D eigenvalue weighted by atomic mass is 9.86. The van der Waals surface area contributed by atoms with Crippen LogP contribution in [0.25, 0.3) is 0 Å². The second-order valence-corrected chi connectivity index (χ2v) is 12.9. The van der Waals surface area contributed by atoms with Crippen LogP contribution in [-0.4, -0.2) is 101 Å². The summed E-state index contributed by atoms with van der Waals surface area (Å²) in [6.07, 6.45) is 3.09. The fourth-order valence-corrected chi connectivity index (χ4v) is 5.75. The molecule has 2 aliphatic heterocycles. The van der Waals surface area contributed by atoms with E-state index in [0.717, 1.165) is 45.1 Å². The standard InChI is InChI=1S/C30H55N3O8/c1-6-21-16-22(17-30(3,4)5)33(18-21)25(37)13-8-7-10-14-31-24(36)12-9-11-15-40-29-26(32-20(2)35)28(39)27(38)23(19-34)41-29/h21-23,26-29,34,38-39H,6-19H2,1-5H3,(H,31,36)(H,32,35)/t21-,22+,23?,26?,27?,28-,29?/m1/s1. The fraction of sp³-hybridized carbons (Fsp3) is 0.900. The van der Waals surface area contributed by atoms with Crippen molar-refractivity contribution >= 4 is 17.7 Å². The summed E-state index contributed by atoms with van der Waals surface area (Å²) in [4.78, 5) is 38.7. The number of aliphatic hydroxyl groups is 3. The summed E-state index contributed by atoms with van der Waals surface area (Å²) in [5, 5.41) is 35.2. The molecule has 0 aliphatic carbocycles. The zero-order valence-corrected chi connectivity index (χ0v) is 25.8. The van der Waals surface area contributed by atoms with Gasteiger partial charge in [-0.3, -0.25) is 14.4 Å².